The average molecular weight is 241 g/mol. The van der Waals surface area contributed by atoms with E-state index in [9.17, 15) is 9.90 Å². The minimum atomic E-state index is -0.799. The lowest BCUT2D eigenvalue weighted by atomic mass is 9.95. The Kier molecular flexibility index (Phi) is 3.76. The van der Waals surface area contributed by atoms with Gasteiger partial charge in [0.1, 0.15) is 6.04 Å². The SMILES string of the molecule is CN(C)C(C(=O)O)c1ccc(C(C)(C)C)s1. The van der Waals surface area contributed by atoms with Crippen LogP contribution in [0.1, 0.15) is 36.6 Å². The van der Waals surface area contributed by atoms with Crippen LogP contribution in [-0.2, 0) is 10.2 Å². The molecule has 4 heteroatoms. The molecule has 0 aromatic carbocycles. The molecular weight excluding hydrogens is 222 g/mol. The Morgan fingerprint density at radius 1 is 1.38 bits per heavy atom. The first-order valence-electron chi connectivity index (χ1n) is 5.23. The van der Waals surface area contributed by atoms with Gasteiger partial charge >= 0.3 is 5.97 Å². The Balaban J connectivity index is 3.04. The van der Waals surface area contributed by atoms with Crippen molar-refractivity contribution in [2.75, 3.05) is 14.1 Å². The fraction of sp³-hybridized carbons (Fsp3) is 0.583. The number of nitrogens with zero attached hydrogens (tertiary/aromatic N) is 1. The number of rotatable bonds is 3. The van der Waals surface area contributed by atoms with E-state index in [1.165, 1.54) is 4.88 Å². The van der Waals surface area contributed by atoms with Gasteiger partial charge in [-0.15, -0.1) is 11.3 Å². The van der Waals surface area contributed by atoms with Crippen LogP contribution in [0.2, 0.25) is 0 Å². The van der Waals surface area contributed by atoms with Crippen LogP contribution in [0, 0.1) is 0 Å². The third-order valence-corrected chi connectivity index (χ3v) is 3.95. The third-order valence-electron chi connectivity index (χ3n) is 2.39. The van der Waals surface area contributed by atoms with E-state index in [1.807, 2.05) is 12.1 Å². The normalized spacial score (nSPS) is 14.1. The first-order valence-corrected chi connectivity index (χ1v) is 6.04. The van der Waals surface area contributed by atoms with Gasteiger partial charge in [-0.25, -0.2) is 0 Å². The maximum Gasteiger partial charge on any atom is 0.326 e. The minimum Gasteiger partial charge on any atom is -0.480 e. The molecule has 0 bridgehead atoms. The van der Waals surface area contributed by atoms with Gasteiger partial charge in [0.25, 0.3) is 0 Å². The largest absolute Gasteiger partial charge is 0.480 e. The number of carbonyl (C=O) groups is 1. The van der Waals surface area contributed by atoms with Gasteiger partial charge in [-0.05, 0) is 31.6 Å². The quantitative estimate of drug-likeness (QED) is 0.884. The molecule has 0 fully saturated rings. The van der Waals surface area contributed by atoms with Gasteiger partial charge in [0.2, 0.25) is 0 Å². The topological polar surface area (TPSA) is 40.5 Å². The second-order valence-electron chi connectivity index (χ2n) is 5.16. The zero-order valence-corrected chi connectivity index (χ0v) is 11.3. The van der Waals surface area contributed by atoms with Crippen molar-refractivity contribution in [1.82, 2.24) is 4.90 Å². The lowest BCUT2D eigenvalue weighted by Gasteiger charge is -2.19. The van der Waals surface area contributed by atoms with Crippen LogP contribution in [0.25, 0.3) is 0 Å². The lowest BCUT2D eigenvalue weighted by Crippen LogP contribution is -2.26. The maximum atomic E-state index is 11.2. The molecule has 1 aromatic heterocycles. The number of carboxylic acids is 1. The summed E-state index contributed by atoms with van der Waals surface area (Å²) in [5, 5.41) is 9.17. The van der Waals surface area contributed by atoms with E-state index in [4.69, 9.17) is 0 Å². The zero-order chi connectivity index (χ0) is 12.5. The van der Waals surface area contributed by atoms with Crippen molar-refractivity contribution in [1.29, 1.82) is 0 Å². The number of aliphatic carboxylic acids is 1. The van der Waals surface area contributed by atoms with E-state index in [0.29, 0.717) is 0 Å². The van der Waals surface area contributed by atoms with Crippen LogP contribution in [0.15, 0.2) is 12.1 Å². The summed E-state index contributed by atoms with van der Waals surface area (Å²) in [5.74, 6) is -0.799. The first-order chi connectivity index (χ1) is 7.23. The standard InChI is InChI=1S/C12H19NO2S/c1-12(2,3)9-7-6-8(16-9)10(11(14)15)13(4)5/h6-7,10H,1-5H3,(H,14,15). The maximum absolute atomic E-state index is 11.2. The molecular formula is C12H19NO2S. The van der Waals surface area contributed by atoms with Gasteiger partial charge in [0, 0.05) is 9.75 Å². The second kappa shape index (κ2) is 4.55. The van der Waals surface area contributed by atoms with Crippen molar-refractivity contribution < 1.29 is 9.90 Å². The summed E-state index contributed by atoms with van der Waals surface area (Å²) in [7, 11) is 3.57. The van der Waals surface area contributed by atoms with Crippen LogP contribution in [0.4, 0.5) is 0 Å². The fourth-order valence-electron chi connectivity index (χ4n) is 1.50. The molecule has 1 rings (SSSR count). The molecule has 16 heavy (non-hydrogen) atoms. The van der Waals surface area contributed by atoms with Crippen molar-refractivity contribution in [3.05, 3.63) is 21.9 Å². The van der Waals surface area contributed by atoms with Crippen molar-refractivity contribution >= 4 is 17.3 Å². The second-order valence-corrected chi connectivity index (χ2v) is 6.27. The molecule has 1 unspecified atom stereocenters. The van der Waals surface area contributed by atoms with Gasteiger partial charge < -0.3 is 5.11 Å². The first kappa shape index (κ1) is 13.2. The Hall–Kier alpha value is -0.870. The molecule has 0 saturated carbocycles. The molecule has 0 aliphatic carbocycles. The molecule has 0 saturated heterocycles. The van der Waals surface area contributed by atoms with E-state index in [0.717, 1.165) is 4.88 Å². The van der Waals surface area contributed by atoms with E-state index in [2.05, 4.69) is 20.8 Å². The number of thiophene rings is 1. The Labute approximate surface area is 101 Å². The smallest absolute Gasteiger partial charge is 0.326 e. The van der Waals surface area contributed by atoms with Gasteiger partial charge in [0.15, 0.2) is 0 Å². The van der Waals surface area contributed by atoms with Crippen LogP contribution in [0.5, 0.6) is 0 Å². The highest BCUT2D eigenvalue weighted by molar-refractivity contribution is 7.12. The van der Waals surface area contributed by atoms with Crippen LogP contribution in [-0.4, -0.2) is 30.1 Å². The molecule has 90 valence electrons. The van der Waals surface area contributed by atoms with E-state index < -0.39 is 12.0 Å². The average Bonchev–Trinajstić information content (AvgIpc) is 2.50. The summed E-state index contributed by atoms with van der Waals surface area (Å²) >= 11 is 1.58. The molecule has 0 aliphatic heterocycles. The minimum absolute atomic E-state index is 0.0816. The third kappa shape index (κ3) is 2.83. The summed E-state index contributed by atoms with van der Waals surface area (Å²) < 4.78 is 0. The van der Waals surface area contributed by atoms with Crippen LogP contribution >= 0.6 is 11.3 Å². The summed E-state index contributed by atoms with van der Waals surface area (Å²) in [6.07, 6.45) is 0. The summed E-state index contributed by atoms with van der Waals surface area (Å²) in [4.78, 5) is 15.0. The van der Waals surface area contributed by atoms with Gasteiger partial charge in [-0.3, -0.25) is 9.69 Å². The Morgan fingerprint density at radius 3 is 2.25 bits per heavy atom. The number of likely N-dealkylation sites (N-methyl/N-ethyl adjacent to an activating group) is 1. The molecule has 1 N–H and O–H groups in total. The molecule has 3 nitrogen and oxygen atoms in total. The molecule has 0 radical (unpaired) electrons. The van der Waals surface area contributed by atoms with Crippen LogP contribution in [0.3, 0.4) is 0 Å². The highest BCUT2D eigenvalue weighted by Crippen LogP contribution is 2.33. The van der Waals surface area contributed by atoms with Gasteiger partial charge in [0.05, 0.1) is 0 Å². The predicted molar refractivity (Wildman–Crippen MR) is 67.1 cm³/mol. The molecule has 1 heterocycles. The van der Waals surface area contributed by atoms with Gasteiger partial charge in [-0.1, -0.05) is 20.8 Å². The summed E-state index contributed by atoms with van der Waals surface area (Å²) in [6, 6.07) is 3.41. The van der Waals surface area contributed by atoms with Crippen LogP contribution < -0.4 is 0 Å². The van der Waals surface area contributed by atoms with E-state index in [-0.39, 0.29) is 5.41 Å². The van der Waals surface area contributed by atoms with E-state index >= 15 is 0 Å². The molecule has 1 aromatic rings. The highest BCUT2D eigenvalue weighted by Gasteiger charge is 2.25. The summed E-state index contributed by atoms with van der Waals surface area (Å²) in [5.41, 5.74) is 0.0816. The predicted octanol–water partition coefficient (Wildman–Crippen LogP) is 2.73. The highest BCUT2D eigenvalue weighted by atomic mass is 32.1. The van der Waals surface area contributed by atoms with Crippen molar-refractivity contribution in [2.45, 2.75) is 32.2 Å². The summed E-state index contributed by atoms with van der Waals surface area (Å²) in [6.45, 7) is 6.40. The molecule has 1 atom stereocenters. The molecule has 0 amide bonds. The Bertz CT molecular complexity index is 377. The Morgan fingerprint density at radius 2 is 1.94 bits per heavy atom. The molecule has 0 spiro atoms. The molecule has 0 aliphatic rings. The zero-order valence-electron chi connectivity index (χ0n) is 10.4. The number of carboxylic acid groups (broad SMARTS) is 1. The number of hydrogen-bond acceptors (Lipinski definition) is 3. The fourth-order valence-corrected chi connectivity index (χ4v) is 2.76. The van der Waals surface area contributed by atoms with E-state index in [1.54, 1.807) is 30.3 Å². The van der Waals surface area contributed by atoms with Gasteiger partial charge in [-0.2, -0.15) is 0 Å². The van der Waals surface area contributed by atoms with Crippen molar-refractivity contribution in [2.24, 2.45) is 0 Å². The number of hydrogen-bond donors (Lipinski definition) is 1. The van der Waals surface area contributed by atoms with Crippen molar-refractivity contribution in [3.63, 3.8) is 0 Å². The monoisotopic (exact) mass is 241 g/mol. The lowest BCUT2D eigenvalue weighted by molar-refractivity contribution is -0.142. The van der Waals surface area contributed by atoms with Crippen molar-refractivity contribution in [3.8, 4) is 0 Å².